The van der Waals surface area contributed by atoms with Crippen LogP contribution in [0.25, 0.3) is 11.0 Å². The first-order chi connectivity index (χ1) is 14.5. The summed E-state index contributed by atoms with van der Waals surface area (Å²) in [6, 6.07) is 20.4. The highest BCUT2D eigenvalue weighted by molar-refractivity contribution is 7.89. The maximum atomic E-state index is 13.1. The number of para-hydroxylation sites is 2. The highest BCUT2D eigenvalue weighted by atomic mass is 32.2. The molecular formula is C22H23N5O2S. The molecule has 2 heterocycles. The Bertz CT molecular complexity index is 1210. The molecular weight excluding hydrogens is 398 g/mol. The van der Waals surface area contributed by atoms with E-state index in [1.165, 1.54) is 4.31 Å². The van der Waals surface area contributed by atoms with Crippen LogP contribution in [-0.2, 0) is 29.7 Å². The lowest BCUT2D eigenvalue weighted by Gasteiger charge is -2.16. The number of nitrogens with one attached hydrogen (secondary N) is 2. The Morgan fingerprint density at radius 2 is 1.83 bits per heavy atom. The summed E-state index contributed by atoms with van der Waals surface area (Å²) in [4.78, 5) is 12.2. The number of imidazole rings is 1. The minimum absolute atomic E-state index is 0.166. The molecule has 4 rings (SSSR count). The number of H-pyrrole nitrogens is 1. The lowest BCUT2D eigenvalue weighted by molar-refractivity contribution is 0.458. The first-order valence-electron chi connectivity index (χ1n) is 9.62. The van der Waals surface area contributed by atoms with Gasteiger partial charge < -0.3 is 10.3 Å². The van der Waals surface area contributed by atoms with Crippen LogP contribution in [0.1, 0.15) is 17.1 Å². The number of aromatic amines is 1. The molecule has 0 amide bonds. The van der Waals surface area contributed by atoms with E-state index >= 15 is 0 Å². The Morgan fingerprint density at radius 1 is 1.00 bits per heavy atom. The zero-order valence-corrected chi connectivity index (χ0v) is 17.4. The van der Waals surface area contributed by atoms with Crippen molar-refractivity contribution in [3.05, 3.63) is 90.0 Å². The standard InChI is InChI=1S/C22H23N5O2S/c1-27(16-22-25-20-10-2-3-11-21(20)26-22)30(28,29)19-9-6-7-17(13-19)14-23-15-18-8-4-5-12-24-18/h2-13,23H,14-16H2,1H3,(H,25,26). The maximum Gasteiger partial charge on any atom is 0.243 e. The molecule has 0 fully saturated rings. The molecule has 30 heavy (non-hydrogen) atoms. The number of nitrogens with zero attached hydrogens (tertiary/aromatic N) is 3. The van der Waals surface area contributed by atoms with Gasteiger partial charge in [0.15, 0.2) is 0 Å². The van der Waals surface area contributed by atoms with Crippen molar-refractivity contribution >= 4 is 21.1 Å². The number of rotatable bonds is 8. The van der Waals surface area contributed by atoms with Gasteiger partial charge in [-0.1, -0.05) is 30.3 Å². The number of hydrogen-bond donors (Lipinski definition) is 2. The SMILES string of the molecule is CN(Cc1nc2ccccc2[nH]1)S(=O)(=O)c1cccc(CNCc2ccccn2)c1. The predicted molar refractivity (Wildman–Crippen MR) is 116 cm³/mol. The highest BCUT2D eigenvalue weighted by Crippen LogP contribution is 2.19. The van der Waals surface area contributed by atoms with Gasteiger partial charge in [0.25, 0.3) is 0 Å². The third-order valence-corrected chi connectivity index (χ3v) is 6.58. The molecule has 154 valence electrons. The molecule has 0 spiro atoms. The number of aromatic nitrogens is 3. The van der Waals surface area contributed by atoms with E-state index in [-0.39, 0.29) is 11.4 Å². The highest BCUT2D eigenvalue weighted by Gasteiger charge is 2.22. The van der Waals surface area contributed by atoms with Gasteiger partial charge in [0.05, 0.1) is 28.2 Å². The topological polar surface area (TPSA) is 91.0 Å². The van der Waals surface area contributed by atoms with Crippen LogP contribution in [0.2, 0.25) is 0 Å². The van der Waals surface area contributed by atoms with Crippen LogP contribution in [0.5, 0.6) is 0 Å². The van der Waals surface area contributed by atoms with Crippen molar-refractivity contribution in [1.82, 2.24) is 24.6 Å². The quantitative estimate of drug-likeness (QED) is 0.456. The van der Waals surface area contributed by atoms with Gasteiger partial charge in [-0.25, -0.2) is 13.4 Å². The van der Waals surface area contributed by atoms with Crippen LogP contribution >= 0.6 is 0 Å². The average Bonchev–Trinajstić information content (AvgIpc) is 3.17. The lowest BCUT2D eigenvalue weighted by atomic mass is 10.2. The Labute approximate surface area is 175 Å². The molecule has 0 unspecified atom stereocenters. The second kappa shape index (κ2) is 8.74. The van der Waals surface area contributed by atoms with E-state index in [9.17, 15) is 8.42 Å². The van der Waals surface area contributed by atoms with Crippen LogP contribution in [0.3, 0.4) is 0 Å². The van der Waals surface area contributed by atoms with E-state index in [1.54, 1.807) is 31.4 Å². The zero-order chi connectivity index (χ0) is 21.0. The largest absolute Gasteiger partial charge is 0.341 e. The predicted octanol–water partition coefficient (Wildman–Crippen LogP) is 3.07. The van der Waals surface area contributed by atoms with Crippen molar-refractivity contribution in [2.75, 3.05) is 7.05 Å². The van der Waals surface area contributed by atoms with E-state index in [1.807, 2.05) is 48.5 Å². The van der Waals surface area contributed by atoms with Gasteiger partial charge in [0.2, 0.25) is 10.0 Å². The summed E-state index contributed by atoms with van der Waals surface area (Å²) < 4.78 is 27.4. The molecule has 2 aromatic carbocycles. The zero-order valence-electron chi connectivity index (χ0n) is 16.6. The van der Waals surface area contributed by atoms with E-state index in [2.05, 4.69) is 20.3 Å². The smallest absolute Gasteiger partial charge is 0.243 e. The minimum Gasteiger partial charge on any atom is -0.341 e. The molecule has 0 aliphatic heterocycles. The van der Waals surface area contributed by atoms with Crippen LogP contribution in [-0.4, -0.2) is 34.7 Å². The van der Waals surface area contributed by atoms with Crippen molar-refractivity contribution in [3.8, 4) is 0 Å². The summed E-state index contributed by atoms with van der Waals surface area (Å²) in [6.45, 7) is 1.33. The third-order valence-electron chi connectivity index (χ3n) is 4.78. The van der Waals surface area contributed by atoms with Crippen molar-refractivity contribution < 1.29 is 8.42 Å². The van der Waals surface area contributed by atoms with E-state index < -0.39 is 10.0 Å². The summed E-state index contributed by atoms with van der Waals surface area (Å²) in [5.74, 6) is 0.607. The number of fused-ring (bicyclic) bond motifs is 1. The fraction of sp³-hybridized carbons (Fsp3) is 0.182. The molecule has 0 saturated carbocycles. The Balaban J connectivity index is 1.44. The number of benzene rings is 2. The minimum atomic E-state index is -3.64. The van der Waals surface area contributed by atoms with Crippen molar-refractivity contribution in [2.24, 2.45) is 0 Å². The van der Waals surface area contributed by atoms with Crippen molar-refractivity contribution in [2.45, 2.75) is 24.5 Å². The van der Waals surface area contributed by atoms with Crippen molar-refractivity contribution in [3.63, 3.8) is 0 Å². The van der Waals surface area contributed by atoms with E-state index in [0.29, 0.717) is 18.9 Å². The summed E-state index contributed by atoms with van der Waals surface area (Å²) in [7, 11) is -2.08. The molecule has 0 aliphatic carbocycles. The van der Waals surface area contributed by atoms with E-state index in [0.717, 1.165) is 22.3 Å². The molecule has 7 nitrogen and oxygen atoms in total. The molecule has 0 atom stereocenters. The van der Waals surface area contributed by atoms with Gasteiger partial charge in [0, 0.05) is 26.3 Å². The van der Waals surface area contributed by atoms with E-state index in [4.69, 9.17) is 0 Å². The van der Waals surface area contributed by atoms with Gasteiger partial charge in [-0.15, -0.1) is 0 Å². The van der Waals surface area contributed by atoms with Crippen LogP contribution < -0.4 is 5.32 Å². The van der Waals surface area contributed by atoms with Gasteiger partial charge >= 0.3 is 0 Å². The van der Waals surface area contributed by atoms with Crippen molar-refractivity contribution in [1.29, 1.82) is 0 Å². The third kappa shape index (κ3) is 4.56. The van der Waals surface area contributed by atoms with Gasteiger partial charge in [-0.05, 0) is 42.0 Å². The molecule has 0 aliphatic rings. The second-order valence-corrected chi connectivity index (χ2v) is 9.08. The fourth-order valence-corrected chi connectivity index (χ4v) is 4.41. The molecule has 4 aromatic rings. The maximum absolute atomic E-state index is 13.1. The summed E-state index contributed by atoms with van der Waals surface area (Å²) in [5, 5.41) is 3.29. The number of pyridine rings is 1. The van der Waals surface area contributed by atoms with Crippen LogP contribution in [0.15, 0.2) is 77.8 Å². The van der Waals surface area contributed by atoms with Crippen LogP contribution in [0.4, 0.5) is 0 Å². The first kappa shape index (κ1) is 20.2. The summed E-state index contributed by atoms with van der Waals surface area (Å²) in [5.41, 5.74) is 3.54. The monoisotopic (exact) mass is 421 g/mol. The summed E-state index contributed by atoms with van der Waals surface area (Å²) >= 11 is 0. The Hall–Kier alpha value is -3.07. The first-order valence-corrected chi connectivity index (χ1v) is 11.1. The number of sulfonamides is 1. The lowest BCUT2D eigenvalue weighted by Crippen LogP contribution is -2.27. The molecule has 8 heteroatoms. The second-order valence-electron chi connectivity index (χ2n) is 7.03. The Morgan fingerprint density at radius 3 is 2.63 bits per heavy atom. The molecule has 0 bridgehead atoms. The van der Waals surface area contributed by atoms with Gasteiger partial charge in [0.1, 0.15) is 5.82 Å². The average molecular weight is 422 g/mol. The fourth-order valence-electron chi connectivity index (χ4n) is 3.21. The molecule has 0 radical (unpaired) electrons. The Kier molecular flexibility index (Phi) is 5.89. The van der Waals surface area contributed by atoms with Gasteiger partial charge in [-0.2, -0.15) is 4.31 Å². The molecule has 0 saturated heterocycles. The number of hydrogen-bond acceptors (Lipinski definition) is 5. The summed E-state index contributed by atoms with van der Waals surface area (Å²) in [6.07, 6.45) is 1.75. The normalized spacial score (nSPS) is 11.9. The van der Waals surface area contributed by atoms with Gasteiger partial charge in [-0.3, -0.25) is 4.98 Å². The molecule has 2 aromatic heterocycles. The molecule has 2 N–H and O–H groups in total. The van der Waals surface area contributed by atoms with Crippen LogP contribution in [0, 0.1) is 0 Å².